The van der Waals surface area contributed by atoms with Crippen molar-refractivity contribution < 1.29 is 13.2 Å². The van der Waals surface area contributed by atoms with Crippen molar-refractivity contribution in [3.8, 4) is 5.75 Å². The Morgan fingerprint density at radius 2 is 1.81 bits per heavy atom. The van der Waals surface area contributed by atoms with Crippen LogP contribution in [0.2, 0.25) is 0 Å². The second-order valence-electron chi connectivity index (χ2n) is 3.07. The van der Waals surface area contributed by atoms with E-state index in [2.05, 4.69) is 9.97 Å². The number of hydrogen-bond acceptors (Lipinski definition) is 4. The van der Waals surface area contributed by atoms with E-state index >= 15 is 0 Å². The summed E-state index contributed by atoms with van der Waals surface area (Å²) in [6.07, 6.45) is 0. The van der Waals surface area contributed by atoms with Gasteiger partial charge in [-0.25, -0.2) is 13.2 Å². The first-order valence-electron chi connectivity index (χ1n) is 4.16. The molecule has 0 bridgehead atoms. The summed E-state index contributed by atoms with van der Waals surface area (Å²) in [4.78, 5) is 15.7. The summed E-state index contributed by atoms with van der Waals surface area (Å²) in [6.45, 7) is 0. The molecule has 0 aliphatic carbocycles. The van der Waals surface area contributed by atoms with Crippen LogP contribution < -0.4 is 10.4 Å². The number of fused-ring (bicyclic) bond motifs is 1. The smallest absolute Gasteiger partial charge is 0.323 e. The lowest BCUT2D eigenvalue weighted by Gasteiger charge is -2.04. The van der Waals surface area contributed by atoms with Gasteiger partial charge in [-0.05, 0) is 6.07 Å². The average molecular weight is 263 g/mol. The van der Waals surface area contributed by atoms with Crippen LogP contribution in [0.15, 0.2) is 21.8 Å². The van der Waals surface area contributed by atoms with Crippen molar-refractivity contribution in [2.24, 2.45) is 0 Å². The maximum absolute atomic E-state index is 11.2. The first kappa shape index (κ1) is 11.0. The Balaban J connectivity index is 2.87. The Morgan fingerprint density at radius 3 is 2.31 bits per heavy atom. The van der Waals surface area contributed by atoms with Crippen LogP contribution >= 0.6 is 10.7 Å². The van der Waals surface area contributed by atoms with Crippen LogP contribution in [0.25, 0.3) is 11.0 Å². The van der Waals surface area contributed by atoms with Gasteiger partial charge in [0.05, 0.1) is 18.1 Å². The minimum atomic E-state index is -3.92. The predicted molar refractivity (Wildman–Crippen MR) is 58.5 cm³/mol. The number of methoxy groups -OCH3 is 1. The number of nitrogens with one attached hydrogen (secondary N) is 2. The fourth-order valence-corrected chi connectivity index (χ4v) is 2.40. The summed E-state index contributed by atoms with van der Waals surface area (Å²) in [5.41, 5.74) is 0.372. The number of ether oxygens (including phenoxy) is 1. The second kappa shape index (κ2) is 3.53. The molecular weight excluding hydrogens is 256 g/mol. The number of benzene rings is 1. The molecule has 0 fully saturated rings. The Hall–Kier alpha value is -1.47. The molecule has 0 atom stereocenters. The SMILES string of the molecule is COc1cc2[nH]c(=O)[nH]c2cc1S(=O)(=O)Cl. The van der Waals surface area contributed by atoms with Crippen LogP contribution in [0.5, 0.6) is 5.75 Å². The molecule has 0 unspecified atom stereocenters. The molecule has 0 saturated carbocycles. The van der Waals surface area contributed by atoms with Gasteiger partial charge in [0.15, 0.2) is 0 Å². The van der Waals surface area contributed by atoms with Gasteiger partial charge in [0.2, 0.25) is 0 Å². The number of halogens is 1. The third kappa shape index (κ3) is 1.79. The Kier molecular flexibility index (Phi) is 2.43. The lowest BCUT2D eigenvalue weighted by Crippen LogP contribution is -1.99. The van der Waals surface area contributed by atoms with Crippen LogP contribution in [-0.2, 0) is 9.05 Å². The molecule has 8 heteroatoms. The van der Waals surface area contributed by atoms with Gasteiger partial charge < -0.3 is 14.7 Å². The highest BCUT2D eigenvalue weighted by molar-refractivity contribution is 8.13. The molecule has 2 aromatic rings. The molecule has 86 valence electrons. The maximum atomic E-state index is 11.2. The van der Waals surface area contributed by atoms with E-state index in [1.54, 1.807) is 0 Å². The quantitative estimate of drug-likeness (QED) is 0.783. The molecule has 0 aliphatic rings. The normalized spacial score (nSPS) is 11.9. The molecule has 0 saturated heterocycles. The highest BCUT2D eigenvalue weighted by atomic mass is 35.7. The second-order valence-corrected chi connectivity index (χ2v) is 5.60. The summed E-state index contributed by atoms with van der Waals surface area (Å²) in [6, 6.07) is 2.64. The van der Waals surface area contributed by atoms with Gasteiger partial charge >= 0.3 is 5.69 Å². The van der Waals surface area contributed by atoms with Gasteiger partial charge in [-0.1, -0.05) is 0 Å². The summed E-state index contributed by atoms with van der Waals surface area (Å²) in [5.74, 6) is 0.0813. The fourth-order valence-electron chi connectivity index (χ4n) is 1.39. The first-order chi connectivity index (χ1) is 7.41. The van der Waals surface area contributed by atoms with Gasteiger partial charge in [0.1, 0.15) is 10.6 Å². The van der Waals surface area contributed by atoms with Gasteiger partial charge in [0, 0.05) is 16.7 Å². The Bertz CT molecular complexity index is 700. The average Bonchev–Trinajstić information content (AvgIpc) is 2.53. The van der Waals surface area contributed by atoms with E-state index in [1.807, 2.05) is 0 Å². The van der Waals surface area contributed by atoms with Crippen LogP contribution in [0, 0.1) is 0 Å². The topological polar surface area (TPSA) is 92.0 Å². The molecule has 6 nitrogen and oxygen atoms in total. The highest BCUT2D eigenvalue weighted by Gasteiger charge is 2.18. The van der Waals surface area contributed by atoms with E-state index in [4.69, 9.17) is 15.4 Å². The number of imidazole rings is 1. The molecule has 0 spiro atoms. The zero-order valence-corrected chi connectivity index (χ0v) is 9.65. The Labute approximate surface area is 94.6 Å². The molecule has 0 amide bonds. The third-order valence-electron chi connectivity index (χ3n) is 2.06. The van der Waals surface area contributed by atoms with Crippen molar-refractivity contribution in [1.82, 2.24) is 9.97 Å². The summed E-state index contributed by atoms with van der Waals surface area (Å²) < 4.78 is 27.4. The van der Waals surface area contributed by atoms with Crippen molar-refractivity contribution in [3.63, 3.8) is 0 Å². The summed E-state index contributed by atoms with van der Waals surface area (Å²) in [7, 11) is 2.64. The lowest BCUT2D eigenvalue weighted by atomic mass is 10.3. The molecule has 1 aromatic carbocycles. The zero-order chi connectivity index (χ0) is 11.9. The number of rotatable bonds is 2. The number of hydrogen-bond donors (Lipinski definition) is 2. The number of aromatic amines is 2. The third-order valence-corrected chi connectivity index (χ3v) is 3.41. The lowest BCUT2D eigenvalue weighted by molar-refractivity contribution is 0.404. The van der Waals surface area contributed by atoms with Crippen molar-refractivity contribution in [2.45, 2.75) is 4.90 Å². The minimum Gasteiger partial charge on any atom is -0.495 e. The maximum Gasteiger partial charge on any atom is 0.323 e. The molecule has 0 radical (unpaired) electrons. The standard InChI is InChI=1S/C8H7ClN2O4S/c1-15-6-2-4-5(11-8(12)10-4)3-7(6)16(9,13)14/h2-3H,1H3,(H2,10,11,12). The Morgan fingerprint density at radius 1 is 1.25 bits per heavy atom. The summed E-state index contributed by atoms with van der Waals surface area (Å²) >= 11 is 0. The van der Waals surface area contributed by atoms with E-state index in [-0.39, 0.29) is 10.6 Å². The van der Waals surface area contributed by atoms with Gasteiger partial charge in [-0.2, -0.15) is 0 Å². The van der Waals surface area contributed by atoms with Crippen LogP contribution in [0.4, 0.5) is 0 Å². The number of aromatic nitrogens is 2. The number of H-pyrrole nitrogens is 2. The van der Waals surface area contributed by atoms with Crippen molar-refractivity contribution in [2.75, 3.05) is 7.11 Å². The van der Waals surface area contributed by atoms with E-state index in [1.165, 1.54) is 19.2 Å². The zero-order valence-electron chi connectivity index (χ0n) is 8.07. The van der Waals surface area contributed by atoms with E-state index in [0.717, 1.165) is 0 Å². The van der Waals surface area contributed by atoms with E-state index in [0.29, 0.717) is 11.0 Å². The predicted octanol–water partition coefficient (Wildman–Crippen LogP) is 0.792. The fraction of sp³-hybridized carbons (Fsp3) is 0.125. The van der Waals surface area contributed by atoms with Crippen LogP contribution in [0.3, 0.4) is 0 Å². The van der Waals surface area contributed by atoms with Crippen molar-refractivity contribution >= 4 is 30.8 Å². The van der Waals surface area contributed by atoms with Crippen molar-refractivity contribution in [1.29, 1.82) is 0 Å². The van der Waals surface area contributed by atoms with Gasteiger partial charge in [-0.15, -0.1) is 0 Å². The molecule has 16 heavy (non-hydrogen) atoms. The monoisotopic (exact) mass is 262 g/mol. The van der Waals surface area contributed by atoms with Gasteiger partial charge in [0.25, 0.3) is 9.05 Å². The largest absolute Gasteiger partial charge is 0.495 e. The van der Waals surface area contributed by atoms with Crippen LogP contribution in [0.1, 0.15) is 0 Å². The van der Waals surface area contributed by atoms with E-state index < -0.39 is 14.7 Å². The molecule has 2 N–H and O–H groups in total. The molecule has 2 rings (SSSR count). The first-order valence-corrected chi connectivity index (χ1v) is 6.47. The molecular formula is C8H7ClN2O4S. The minimum absolute atomic E-state index is 0.0813. The highest BCUT2D eigenvalue weighted by Crippen LogP contribution is 2.29. The molecule has 1 aromatic heterocycles. The summed E-state index contributed by atoms with van der Waals surface area (Å²) in [5, 5.41) is 0. The molecule has 1 heterocycles. The molecule has 0 aliphatic heterocycles. The van der Waals surface area contributed by atoms with E-state index in [9.17, 15) is 13.2 Å². The van der Waals surface area contributed by atoms with Crippen LogP contribution in [-0.4, -0.2) is 25.5 Å². The van der Waals surface area contributed by atoms with Gasteiger partial charge in [-0.3, -0.25) is 0 Å². The van der Waals surface area contributed by atoms with Crippen molar-refractivity contribution in [3.05, 3.63) is 22.6 Å².